The molecule has 0 saturated heterocycles. The summed E-state index contributed by atoms with van der Waals surface area (Å²) < 4.78 is 19.5. The van der Waals surface area contributed by atoms with Crippen molar-refractivity contribution in [3.63, 3.8) is 0 Å². The summed E-state index contributed by atoms with van der Waals surface area (Å²) in [6.07, 6.45) is -0.270. The van der Waals surface area contributed by atoms with Gasteiger partial charge in [-0.15, -0.1) is 4.72 Å². The first-order valence-corrected chi connectivity index (χ1v) is 8.70. The van der Waals surface area contributed by atoms with Gasteiger partial charge in [-0.2, -0.15) is 0 Å². The molecule has 2 aromatic rings. The molecule has 0 aliphatic carbocycles. The van der Waals surface area contributed by atoms with E-state index in [1.807, 2.05) is 12.1 Å². The summed E-state index contributed by atoms with van der Waals surface area (Å²) >= 11 is -1.68. The minimum absolute atomic E-state index is 0.461. The van der Waals surface area contributed by atoms with Crippen LogP contribution < -0.4 is 4.72 Å². The van der Waals surface area contributed by atoms with E-state index in [-0.39, 0.29) is 0 Å². The Morgan fingerprint density at radius 2 is 1.68 bits per heavy atom. The van der Waals surface area contributed by atoms with Gasteiger partial charge < -0.3 is 14.4 Å². The van der Waals surface area contributed by atoms with Gasteiger partial charge in [-0.05, 0) is 42.3 Å². The molecule has 2 rings (SSSR count). The predicted octanol–water partition coefficient (Wildman–Crippen LogP) is 1.70. The number of aldehydes is 1. The average Bonchev–Trinajstić information content (AvgIpc) is 2.65. The van der Waals surface area contributed by atoms with Crippen molar-refractivity contribution in [1.82, 2.24) is 4.72 Å². The van der Waals surface area contributed by atoms with E-state index < -0.39 is 29.5 Å². The van der Waals surface area contributed by atoms with Gasteiger partial charge >= 0.3 is 5.97 Å². The van der Waals surface area contributed by atoms with E-state index in [1.165, 1.54) is 14.0 Å². The zero-order valence-electron chi connectivity index (χ0n) is 13.8. The largest absolute Gasteiger partial charge is 0.593 e. The molecule has 25 heavy (non-hydrogen) atoms. The van der Waals surface area contributed by atoms with E-state index in [0.717, 1.165) is 17.4 Å². The minimum atomic E-state index is -1.68. The Bertz CT molecular complexity index is 715. The molecule has 1 unspecified atom stereocenters. The first kappa shape index (κ1) is 19.1. The van der Waals surface area contributed by atoms with Gasteiger partial charge in [0, 0.05) is 5.56 Å². The minimum Gasteiger partial charge on any atom is -0.593 e. The second-order valence-corrected chi connectivity index (χ2v) is 6.64. The summed E-state index contributed by atoms with van der Waals surface area (Å²) in [6, 6.07) is 12.9. The number of carbonyl (C=O) groups excluding carboxylic acids is 2. The van der Waals surface area contributed by atoms with Crippen LogP contribution in [0.25, 0.3) is 11.1 Å². The summed E-state index contributed by atoms with van der Waals surface area (Å²) in [4.78, 5) is 22.8. The Morgan fingerprint density at radius 1 is 1.16 bits per heavy atom. The van der Waals surface area contributed by atoms with Crippen LogP contribution in [0.15, 0.2) is 53.4 Å². The van der Waals surface area contributed by atoms with Crippen LogP contribution >= 0.6 is 0 Å². The number of benzene rings is 2. The van der Waals surface area contributed by atoms with Crippen molar-refractivity contribution in [2.75, 3.05) is 7.11 Å². The highest BCUT2D eigenvalue weighted by Crippen LogP contribution is 2.22. The number of aliphatic hydroxyl groups excluding tert-OH is 1. The molecule has 0 fully saturated rings. The fourth-order valence-corrected chi connectivity index (χ4v) is 3.22. The van der Waals surface area contributed by atoms with Crippen LogP contribution in [0.4, 0.5) is 0 Å². The molecule has 0 aliphatic rings. The number of hydrogen-bond acceptors (Lipinski definition) is 6. The van der Waals surface area contributed by atoms with Crippen LogP contribution in [0, 0.1) is 0 Å². The molecule has 2 aromatic carbocycles. The molecule has 3 atom stereocenters. The van der Waals surface area contributed by atoms with Gasteiger partial charge in [-0.3, -0.25) is 9.59 Å². The molecule has 0 aliphatic heterocycles. The highest BCUT2D eigenvalue weighted by Gasteiger charge is 2.30. The zero-order chi connectivity index (χ0) is 18.4. The summed E-state index contributed by atoms with van der Waals surface area (Å²) in [5.41, 5.74) is 2.42. The first-order valence-electron chi connectivity index (χ1n) is 7.55. The molecule has 0 aromatic heterocycles. The second kappa shape index (κ2) is 8.77. The Balaban J connectivity index is 2.12. The van der Waals surface area contributed by atoms with E-state index in [9.17, 15) is 19.2 Å². The van der Waals surface area contributed by atoms with Crippen molar-refractivity contribution in [1.29, 1.82) is 0 Å². The summed E-state index contributed by atoms with van der Waals surface area (Å²) in [7, 11) is 1.20. The molecule has 2 N–H and O–H groups in total. The standard InChI is InChI=1S/C18H19NO5S/c1-12(21)17(18(22)24-2)19-25(23)16-9-7-15(8-10-16)14-5-3-13(11-20)4-6-14/h3-12,17,19,21H,1-2H3/t12-,17+,25?/m1/s1. The maximum Gasteiger partial charge on any atom is 0.330 e. The molecular formula is C18H19NO5S. The number of ether oxygens (including phenoxy) is 1. The molecule has 0 bridgehead atoms. The average molecular weight is 361 g/mol. The van der Waals surface area contributed by atoms with E-state index >= 15 is 0 Å². The Kier molecular flexibility index (Phi) is 6.72. The summed E-state index contributed by atoms with van der Waals surface area (Å²) in [5.74, 6) is -0.685. The second-order valence-electron chi connectivity index (χ2n) is 5.39. The molecule has 0 spiro atoms. The van der Waals surface area contributed by atoms with Crippen molar-refractivity contribution < 1.29 is 24.0 Å². The van der Waals surface area contributed by atoms with E-state index in [2.05, 4.69) is 9.46 Å². The maximum atomic E-state index is 12.4. The maximum absolute atomic E-state index is 12.4. The predicted molar refractivity (Wildman–Crippen MR) is 94.3 cm³/mol. The zero-order valence-corrected chi connectivity index (χ0v) is 14.7. The third-order valence-electron chi connectivity index (χ3n) is 3.62. The lowest BCUT2D eigenvalue weighted by Gasteiger charge is -2.20. The van der Waals surface area contributed by atoms with Crippen molar-refractivity contribution in [2.24, 2.45) is 0 Å². The fraction of sp³-hybridized carbons (Fsp3) is 0.222. The lowest BCUT2D eigenvalue weighted by atomic mass is 10.0. The number of carbonyl (C=O) groups is 2. The Labute approximate surface area is 149 Å². The highest BCUT2D eigenvalue weighted by atomic mass is 32.2. The number of rotatable bonds is 7. The van der Waals surface area contributed by atoms with Crippen molar-refractivity contribution in [3.05, 3.63) is 54.1 Å². The number of aliphatic hydroxyl groups is 1. The number of methoxy groups -OCH3 is 1. The van der Waals surface area contributed by atoms with Crippen molar-refractivity contribution >= 4 is 23.6 Å². The van der Waals surface area contributed by atoms with Crippen LogP contribution in [0.2, 0.25) is 0 Å². The van der Waals surface area contributed by atoms with E-state index in [4.69, 9.17) is 0 Å². The smallest absolute Gasteiger partial charge is 0.330 e. The molecule has 0 radical (unpaired) electrons. The van der Waals surface area contributed by atoms with E-state index in [1.54, 1.807) is 36.4 Å². The lowest BCUT2D eigenvalue weighted by Crippen LogP contribution is -2.48. The topological polar surface area (TPSA) is 98.7 Å². The van der Waals surface area contributed by atoms with E-state index in [0.29, 0.717) is 10.5 Å². The quantitative estimate of drug-likeness (QED) is 0.442. The first-order chi connectivity index (χ1) is 12.0. The van der Waals surface area contributed by atoms with Crippen LogP contribution in [0.5, 0.6) is 0 Å². The Hall–Kier alpha value is -2.19. The van der Waals surface area contributed by atoms with Crippen molar-refractivity contribution in [2.45, 2.75) is 24.0 Å². The molecular weight excluding hydrogens is 342 g/mol. The molecule has 132 valence electrons. The third kappa shape index (κ3) is 4.90. The lowest BCUT2D eigenvalue weighted by molar-refractivity contribution is -0.145. The molecule has 7 heteroatoms. The van der Waals surface area contributed by atoms with Crippen LogP contribution in [0.3, 0.4) is 0 Å². The van der Waals surface area contributed by atoms with Gasteiger partial charge in [0.15, 0.2) is 10.9 Å². The number of hydrogen-bond donors (Lipinski definition) is 2. The monoisotopic (exact) mass is 361 g/mol. The van der Waals surface area contributed by atoms with Crippen molar-refractivity contribution in [3.8, 4) is 11.1 Å². The van der Waals surface area contributed by atoms with Gasteiger partial charge in [0.2, 0.25) is 0 Å². The molecule has 0 saturated carbocycles. The summed E-state index contributed by atoms with van der Waals surface area (Å²) in [5, 5.41) is 9.62. The molecule has 0 heterocycles. The van der Waals surface area contributed by atoms with Gasteiger partial charge in [-0.25, -0.2) is 0 Å². The summed E-state index contributed by atoms with van der Waals surface area (Å²) in [6.45, 7) is 1.41. The van der Waals surface area contributed by atoms with Gasteiger partial charge in [0.1, 0.15) is 6.29 Å². The van der Waals surface area contributed by atoms with Crippen LogP contribution in [-0.2, 0) is 20.9 Å². The number of nitrogens with one attached hydrogen (secondary N) is 1. The molecule has 6 nitrogen and oxygen atoms in total. The highest BCUT2D eigenvalue weighted by molar-refractivity contribution is 7.89. The SMILES string of the molecule is COC(=O)[C@@H](N[S+]([O-])c1ccc(-c2ccc(C=O)cc2)cc1)[C@@H](C)O. The van der Waals surface area contributed by atoms with Gasteiger partial charge in [-0.1, -0.05) is 24.3 Å². The van der Waals surface area contributed by atoms with Crippen LogP contribution in [-0.4, -0.2) is 41.2 Å². The van der Waals surface area contributed by atoms with Gasteiger partial charge in [0.25, 0.3) is 0 Å². The Morgan fingerprint density at radius 3 is 2.12 bits per heavy atom. The fourth-order valence-electron chi connectivity index (χ4n) is 2.18. The van der Waals surface area contributed by atoms with Gasteiger partial charge in [0.05, 0.1) is 24.6 Å². The number of esters is 1. The molecule has 0 amide bonds. The van der Waals surface area contributed by atoms with Crippen LogP contribution in [0.1, 0.15) is 17.3 Å². The normalized spacial score (nSPS) is 14.4. The third-order valence-corrected chi connectivity index (χ3v) is 4.79.